The van der Waals surface area contributed by atoms with Crippen LogP contribution in [-0.4, -0.2) is 60.2 Å². The number of hydrogen-bond acceptors (Lipinski definition) is 0. The average Bonchev–Trinajstić information content (AvgIpc) is 0.918. The van der Waals surface area contributed by atoms with Gasteiger partial charge < -0.3 is 0 Å². The Balaban J connectivity index is 0. The van der Waals surface area contributed by atoms with E-state index in [1.165, 1.54) is 9.74 Å². The maximum atomic E-state index is 2.44. The Morgan fingerprint density at radius 3 is 1.75 bits per heavy atom. The summed E-state index contributed by atoms with van der Waals surface area (Å²) in [6.07, 6.45) is 0. The molecule has 4 heteroatoms. The molecule has 0 N–H and O–H groups in total. The quantitative estimate of drug-likeness (QED) is 0.416. The van der Waals surface area contributed by atoms with Crippen molar-refractivity contribution in [3.05, 3.63) is 0 Å². The Kier molecular flexibility index (Phi) is 22.6. The van der Waals surface area contributed by atoms with Gasteiger partial charge in [0.05, 0.1) is 0 Å². The Labute approximate surface area is 68.6 Å². The molecule has 1 radical (unpaired) electrons. The molecule has 0 saturated heterocycles. The summed E-state index contributed by atoms with van der Waals surface area (Å²) in [6.45, 7) is 0. The fraction of sp³-hybridized carbons (Fsp3) is 0. The van der Waals surface area contributed by atoms with Gasteiger partial charge in [0, 0.05) is 0 Å². The van der Waals surface area contributed by atoms with Gasteiger partial charge in [0.2, 0.25) is 0 Å². The molecule has 28 valence electrons. The molecule has 0 rings (SSSR count). The Hall–Kier alpha value is 2.69. The van der Waals surface area contributed by atoms with Gasteiger partial charge in [0.25, 0.3) is 0 Å². The van der Waals surface area contributed by atoms with E-state index in [1.807, 2.05) is 20.1 Å². The third-order valence-electron chi connectivity index (χ3n) is 0. The predicted molar refractivity (Wildman–Crippen MR) is 22.8 cm³/mol. The van der Waals surface area contributed by atoms with E-state index in [0.717, 1.165) is 0 Å². The third-order valence-corrected chi connectivity index (χ3v) is 0. The first-order valence-electron chi connectivity index (χ1n) is 0.285. The molecule has 4 heavy (non-hydrogen) atoms. The standard InChI is InChI=1S/Co.In.H2Se.Te.3H/h;;1H2;;;;/q+1;;;;;;/p-1. The second kappa shape index (κ2) is 9.19. The number of rotatable bonds is 0. The van der Waals surface area contributed by atoms with E-state index in [4.69, 9.17) is 0 Å². The van der Waals surface area contributed by atoms with Gasteiger partial charge in [-0.15, -0.1) is 0 Å². The van der Waals surface area contributed by atoms with E-state index in [0.29, 0.717) is 0 Å². The van der Waals surface area contributed by atoms with Crippen LogP contribution in [0.25, 0.3) is 0 Å². The predicted octanol–water partition coefficient (Wildman–Crippen LogP) is -2.22. The van der Waals surface area contributed by atoms with Crippen LogP contribution >= 0.6 is 0 Å². The van der Waals surface area contributed by atoms with Crippen molar-refractivity contribution >= 4 is 60.2 Å². The molecular weight excluding hydrogens is 380 g/mol. The zero-order valence-electron chi connectivity index (χ0n) is 1.19. The van der Waals surface area contributed by atoms with Crippen LogP contribution in [0.1, 0.15) is 0 Å². The van der Waals surface area contributed by atoms with Crippen molar-refractivity contribution < 1.29 is 9.74 Å². The van der Waals surface area contributed by atoms with E-state index in [1.54, 1.807) is 0 Å². The molecule has 0 spiro atoms. The molecule has 0 aromatic carbocycles. The van der Waals surface area contributed by atoms with Crippen LogP contribution in [0, 0.1) is 0 Å². The van der Waals surface area contributed by atoms with Crippen molar-refractivity contribution in [2.45, 2.75) is 0 Å². The maximum absolute atomic E-state index is 2.44. The van der Waals surface area contributed by atoms with Gasteiger partial charge in [-0.25, -0.2) is 0 Å². The summed E-state index contributed by atoms with van der Waals surface area (Å²) in [7, 11) is 1.38. The van der Waals surface area contributed by atoms with Gasteiger partial charge in [0.15, 0.2) is 0 Å². The van der Waals surface area contributed by atoms with E-state index in [2.05, 4.69) is 14.2 Å². The van der Waals surface area contributed by atoms with Crippen LogP contribution in [0.15, 0.2) is 0 Å². The molecule has 0 saturated carbocycles. The molecule has 0 aliphatic rings. The summed E-state index contributed by atoms with van der Waals surface area (Å²) in [4.78, 5) is 0. The Morgan fingerprint density at radius 2 is 1.75 bits per heavy atom. The average molecular weight is 384 g/mol. The monoisotopic (exact) mass is 388 g/mol. The van der Waals surface area contributed by atoms with Crippen LogP contribution in [0.3, 0.4) is 0 Å². The van der Waals surface area contributed by atoms with Crippen LogP contribution in [0.5, 0.6) is 0 Å². The van der Waals surface area contributed by atoms with Crippen LogP contribution in [0.2, 0.25) is 0 Å². The van der Waals surface area contributed by atoms with Gasteiger partial charge in [0.1, 0.15) is 0 Å². The van der Waals surface area contributed by atoms with Gasteiger partial charge in [-0.2, -0.15) is 0 Å². The first-order chi connectivity index (χ1) is 1.41. The Bertz CT molecular complexity index is 8.00. The summed E-state index contributed by atoms with van der Waals surface area (Å²) in [5, 5.41) is 0. The van der Waals surface area contributed by atoms with Crippen molar-refractivity contribution in [2.24, 2.45) is 0 Å². The normalized spacial score (nSPS) is 5.50. The minimum absolute atomic E-state index is 0. The molecule has 0 aromatic rings. The van der Waals surface area contributed by atoms with Crippen molar-refractivity contribution in [1.82, 2.24) is 0 Å². The zero-order valence-corrected chi connectivity index (χ0v) is 6.44. The van der Waals surface area contributed by atoms with Gasteiger partial charge in [-0.05, 0) is 0 Å². The van der Waals surface area contributed by atoms with Gasteiger partial charge in [-0.3, -0.25) is 0 Å². The van der Waals surface area contributed by atoms with E-state index >= 15 is 0 Å². The van der Waals surface area contributed by atoms with Crippen LogP contribution in [0.4, 0.5) is 0 Å². The van der Waals surface area contributed by atoms with E-state index in [-0.39, 0.29) is 25.8 Å². The van der Waals surface area contributed by atoms with Gasteiger partial charge in [-0.1, -0.05) is 0 Å². The second-order valence-electron chi connectivity index (χ2n) is 0.0609. The summed E-state index contributed by atoms with van der Waals surface area (Å²) in [6, 6.07) is 0. The fourth-order valence-corrected chi connectivity index (χ4v) is 0. The van der Waals surface area contributed by atoms with E-state index in [9.17, 15) is 0 Å². The molecule has 0 nitrogen and oxygen atoms in total. The molecule has 0 atom stereocenters. The first kappa shape index (κ1) is 9.84. The van der Waals surface area contributed by atoms with Crippen molar-refractivity contribution in [3.8, 4) is 0 Å². The van der Waals surface area contributed by atoms with Crippen molar-refractivity contribution in [1.29, 1.82) is 0 Å². The summed E-state index contributed by atoms with van der Waals surface area (Å²) < 4.78 is 0. The summed E-state index contributed by atoms with van der Waals surface area (Å²) in [5.74, 6) is 0. The molecule has 0 unspecified atom stereocenters. The Morgan fingerprint density at radius 1 is 1.75 bits per heavy atom. The fourth-order valence-electron chi connectivity index (χ4n) is 0. The van der Waals surface area contributed by atoms with Gasteiger partial charge >= 0.3 is 70.0 Å². The number of hydrogen-bond donors (Lipinski definition) is 0. The molecule has 0 aliphatic carbocycles. The van der Waals surface area contributed by atoms with Crippen LogP contribution < -0.4 is 0 Å². The topological polar surface area (TPSA) is 0 Å². The molecule has 0 bridgehead atoms. The third kappa shape index (κ3) is 8.82. The minimum atomic E-state index is 0. The van der Waals surface area contributed by atoms with Crippen LogP contribution in [-0.2, 0) is 9.74 Å². The molecule has 0 aliphatic heterocycles. The van der Waals surface area contributed by atoms with Crippen molar-refractivity contribution in [2.75, 3.05) is 0 Å². The molecule has 0 amide bonds. The molecule has 0 aromatic heterocycles. The molecular formula is H4CoInSeTe. The SMILES string of the molecule is [InH3].[SeH][Co][Te]. The van der Waals surface area contributed by atoms with Crippen molar-refractivity contribution in [3.63, 3.8) is 0 Å². The molecule has 0 heterocycles. The summed E-state index contributed by atoms with van der Waals surface area (Å²) in [5.41, 5.74) is 0. The zero-order chi connectivity index (χ0) is 2.71. The first-order valence-corrected chi connectivity index (χ1v) is 6.96. The summed E-state index contributed by atoms with van der Waals surface area (Å²) >= 11 is 4.45. The van der Waals surface area contributed by atoms with E-state index < -0.39 is 0 Å². The second-order valence-corrected chi connectivity index (χ2v) is 8.75. The molecule has 0 fully saturated rings.